The fourth-order valence-corrected chi connectivity index (χ4v) is 3.33. The maximum atomic E-state index is 12.3. The van der Waals surface area contributed by atoms with Gasteiger partial charge in [0.05, 0.1) is 6.10 Å². The molecule has 3 saturated heterocycles. The van der Waals surface area contributed by atoms with Crippen LogP contribution in [0.25, 0.3) is 0 Å². The van der Waals surface area contributed by atoms with Crippen LogP contribution >= 0.6 is 0 Å². The van der Waals surface area contributed by atoms with E-state index >= 15 is 0 Å². The van der Waals surface area contributed by atoms with Crippen molar-refractivity contribution in [1.82, 2.24) is 10.2 Å². The van der Waals surface area contributed by atoms with E-state index in [1.165, 1.54) is 12.8 Å². The molecule has 3 rings (SSSR count). The Morgan fingerprint density at radius 3 is 2.76 bits per heavy atom. The summed E-state index contributed by atoms with van der Waals surface area (Å²) >= 11 is 0. The van der Waals surface area contributed by atoms with Crippen molar-refractivity contribution in [1.29, 1.82) is 0 Å². The molecule has 3 heterocycles. The maximum Gasteiger partial charge on any atom is 0.251 e. The third kappa shape index (κ3) is 2.33. The number of hydrogen-bond donors (Lipinski definition) is 1. The van der Waals surface area contributed by atoms with Crippen LogP contribution in [0.3, 0.4) is 0 Å². The third-order valence-electron chi connectivity index (χ3n) is 4.34. The summed E-state index contributed by atoms with van der Waals surface area (Å²) < 4.78 is 5.69. The van der Waals surface area contributed by atoms with Gasteiger partial charge >= 0.3 is 0 Å². The van der Waals surface area contributed by atoms with E-state index in [0.717, 1.165) is 32.4 Å². The molecule has 4 unspecified atom stereocenters. The van der Waals surface area contributed by atoms with Gasteiger partial charge in [-0.15, -0.1) is 0 Å². The Balaban J connectivity index is 1.62. The van der Waals surface area contributed by atoms with Crippen molar-refractivity contribution in [2.75, 3.05) is 13.1 Å². The zero-order valence-corrected chi connectivity index (χ0v) is 10.5. The summed E-state index contributed by atoms with van der Waals surface area (Å²) in [6.45, 7) is 3.84. The van der Waals surface area contributed by atoms with Crippen LogP contribution in [0.1, 0.15) is 39.0 Å². The van der Waals surface area contributed by atoms with Crippen molar-refractivity contribution < 1.29 is 9.53 Å². The van der Waals surface area contributed by atoms with Crippen molar-refractivity contribution in [3.63, 3.8) is 0 Å². The molecule has 4 heteroatoms. The zero-order valence-electron chi connectivity index (χ0n) is 10.5. The summed E-state index contributed by atoms with van der Waals surface area (Å²) in [7, 11) is 0. The smallest absolute Gasteiger partial charge is 0.251 e. The first kappa shape index (κ1) is 11.5. The van der Waals surface area contributed by atoms with Crippen LogP contribution in [0.4, 0.5) is 0 Å². The van der Waals surface area contributed by atoms with E-state index in [1.54, 1.807) is 0 Å². The first-order valence-electron chi connectivity index (χ1n) is 6.92. The number of carbonyl (C=O) groups is 1. The standard InChI is InChI=1S/C13H22N2O2/c1-9-2-5-12(17-9)13(16)15-7-6-10-3-4-11(8-15)14-10/h9-12,14H,2-8H2,1H3. The predicted octanol–water partition coefficient (Wildman–Crippen LogP) is 0.907. The molecule has 17 heavy (non-hydrogen) atoms. The van der Waals surface area contributed by atoms with Gasteiger partial charge in [0.1, 0.15) is 6.10 Å². The van der Waals surface area contributed by atoms with Crippen molar-refractivity contribution >= 4 is 5.91 Å². The summed E-state index contributed by atoms with van der Waals surface area (Å²) in [5, 5.41) is 3.60. The van der Waals surface area contributed by atoms with Crippen LogP contribution < -0.4 is 5.32 Å². The van der Waals surface area contributed by atoms with E-state index in [9.17, 15) is 4.79 Å². The highest BCUT2D eigenvalue weighted by Crippen LogP contribution is 2.24. The molecule has 3 fully saturated rings. The summed E-state index contributed by atoms with van der Waals surface area (Å²) in [6, 6.07) is 1.16. The van der Waals surface area contributed by atoms with Crippen molar-refractivity contribution in [3.05, 3.63) is 0 Å². The highest BCUT2D eigenvalue weighted by Gasteiger charge is 2.36. The summed E-state index contributed by atoms with van der Waals surface area (Å²) in [5.74, 6) is 0.226. The first-order valence-corrected chi connectivity index (χ1v) is 6.92. The fraction of sp³-hybridized carbons (Fsp3) is 0.923. The SMILES string of the molecule is CC1CCC(C(=O)N2CCC3CCC(C2)N3)O1. The topological polar surface area (TPSA) is 41.6 Å². The van der Waals surface area contributed by atoms with Gasteiger partial charge in [-0.05, 0) is 39.0 Å². The molecule has 0 aromatic heterocycles. The fourth-order valence-electron chi connectivity index (χ4n) is 3.33. The molecule has 0 aliphatic carbocycles. The lowest BCUT2D eigenvalue weighted by Gasteiger charge is -2.26. The van der Waals surface area contributed by atoms with Crippen molar-refractivity contribution in [2.24, 2.45) is 0 Å². The van der Waals surface area contributed by atoms with Gasteiger partial charge in [-0.2, -0.15) is 0 Å². The number of carbonyl (C=O) groups excluding carboxylic acids is 1. The Labute approximate surface area is 103 Å². The molecule has 3 aliphatic rings. The minimum Gasteiger partial charge on any atom is -0.365 e. The second-order valence-corrected chi connectivity index (χ2v) is 5.72. The van der Waals surface area contributed by atoms with Gasteiger partial charge < -0.3 is 15.0 Å². The van der Waals surface area contributed by atoms with Crippen LogP contribution in [-0.2, 0) is 9.53 Å². The molecule has 2 bridgehead atoms. The Morgan fingerprint density at radius 1 is 1.18 bits per heavy atom. The second-order valence-electron chi connectivity index (χ2n) is 5.72. The Hall–Kier alpha value is -0.610. The molecule has 96 valence electrons. The average Bonchev–Trinajstić information content (AvgIpc) is 2.84. The van der Waals surface area contributed by atoms with E-state index in [4.69, 9.17) is 4.74 Å². The minimum atomic E-state index is -0.165. The van der Waals surface area contributed by atoms with Gasteiger partial charge in [0, 0.05) is 25.2 Å². The number of nitrogens with zero attached hydrogens (tertiary/aromatic N) is 1. The van der Waals surface area contributed by atoms with Gasteiger partial charge in [0.25, 0.3) is 5.91 Å². The lowest BCUT2D eigenvalue weighted by Crippen LogP contribution is -2.44. The van der Waals surface area contributed by atoms with Gasteiger partial charge in [0.2, 0.25) is 0 Å². The van der Waals surface area contributed by atoms with Gasteiger partial charge in [0.15, 0.2) is 0 Å². The van der Waals surface area contributed by atoms with Crippen molar-refractivity contribution in [3.8, 4) is 0 Å². The molecule has 0 saturated carbocycles. The predicted molar refractivity (Wildman–Crippen MR) is 64.7 cm³/mol. The summed E-state index contributed by atoms with van der Waals surface area (Å²) in [4.78, 5) is 14.4. The molecule has 0 spiro atoms. The molecule has 0 aromatic carbocycles. The van der Waals surface area contributed by atoms with Gasteiger partial charge in [-0.1, -0.05) is 0 Å². The Morgan fingerprint density at radius 2 is 2.00 bits per heavy atom. The van der Waals surface area contributed by atoms with Crippen LogP contribution in [0.15, 0.2) is 0 Å². The Bertz CT molecular complexity index is 308. The normalized spacial score (nSPS) is 41.6. The molecule has 1 amide bonds. The van der Waals surface area contributed by atoms with Crippen LogP contribution in [-0.4, -0.2) is 48.2 Å². The van der Waals surface area contributed by atoms with Gasteiger partial charge in [-0.25, -0.2) is 0 Å². The molecular weight excluding hydrogens is 216 g/mol. The number of hydrogen-bond acceptors (Lipinski definition) is 3. The number of amides is 1. The quantitative estimate of drug-likeness (QED) is 0.738. The van der Waals surface area contributed by atoms with Crippen LogP contribution in [0.5, 0.6) is 0 Å². The van der Waals surface area contributed by atoms with E-state index < -0.39 is 0 Å². The lowest BCUT2D eigenvalue weighted by atomic mass is 10.1. The summed E-state index contributed by atoms with van der Waals surface area (Å²) in [6.07, 6.45) is 5.61. The van der Waals surface area contributed by atoms with E-state index in [-0.39, 0.29) is 18.1 Å². The van der Waals surface area contributed by atoms with Gasteiger partial charge in [-0.3, -0.25) is 4.79 Å². The summed E-state index contributed by atoms with van der Waals surface area (Å²) in [5.41, 5.74) is 0. The Kier molecular flexibility index (Phi) is 3.09. The molecule has 0 radical (unpaired) electrons. The largest absolute Gasteiger partial charge is 0.365 e. The minimum absolute atomic E-state index is 0.165. The lowest BCUT2D eigenvalue weighted by molar-refractivity contribution is -0.142. The number of likely N-dealkylation sites (tertiary alicyclic amines) is 1. The molecule has 0 aromatic rings. The molecule has 3 aliphatic heterocycles. The molecular formula is C13H22N2O2. The highest BCUT2D eigenvalue weighted by atomic mass is 16.5. The monoisotopic (exact) mass is 238 g/mol. The number of nitrogens with one attached hydrogen (secondary N) is 1. The third-order valence-corrected chi connectivity index (χ3v) is 4.34. The number of rotatable bonds is 1. The molecule has 4 atom stereocenters. The van der Waals surface area contributed by atoms with Crippen LogP contribution in [0.2, 0.25) is 0 Å². The second kappa shape index (κ2) is 4.58. The zero-order chi connectivity index (χ0) is 11.8. The maximum absolute atomic E-state index is 12.3. The van der Waals surface area contributed by atoms with E-state index in [2.05, 4.69) is 12.2 Å². The molecule has 4 nitrogen and oxygen atoms in total. The van der Waals surface area contributed by atoms with Crippen molar-refractivity contribution in [2.45, 2.75) is 63.3 Å². The highest BCUT2D eigenvalue weighted by molar-refractivity contribution is 5.81. The first-order chi connectivity index (χ1) is 8.22. The molecule has 1 N–H and O–H groups in total. The number of ether oxygens (including phenoxy) is 1. The van der Waals surface area contributed by atoms with Crippen LogP contribution in [0, 0.1) is 0 Å². The number of fused-ring (bicyclic) bond motifs is 2. The van der Waals surface area contributed by atoms with E-state index in [0.29, 0.717) is 12.1 Å². The average molecular weight is 238 g/mol. The van der Waals surface area contributed by atoms with E-state index in [1.807, 2.05) is 4.90 Å².